The fraction of sp³-hybridized carbons (Fsp3) is 0.909. The van der Waals surface area contributed by atoms with Crippen LogP contribution in [0.4, 0.5) is 0 Å². The molecule has 2 unspecified atom stereocenters. The molecule has 9 nitrogen and oxygen atoms in total. The summed E-state index contributed by atoms with van der Waals surface area (Å²) in [7, 11) is -4.33. The van der Waals surface area contributed by atoms with Gasteiger partial charge in [-0.2, -0.15) is 0 Å². The van der Waals surface area contributed by atoms with Gasteiger partial charge in [0.1, 0.15) is 6.61 Å². The molecule has 0 fully saturated rings. The van der Waals surface area contributed by atoms with E-state index < -0.39 is 32.5 Å². The molecule has 3 N–H and O–H groups in total. The zero-order valence-electron chi connectivity index (χ0n) is 19.9. The highest BCUT2D eigenvalue weighted by Crippen LogP contribution is 2.43. The summed E-state index contributed by atoms with van der Waals surface area (Å²) in [5.41, 5.74) is 5.25. The molecule has 0 spiro atoms. The molecule has 0 saturated carbocycles. The van der Waals surface area contributed by atoms with Gasteiger partial charge in [0.15, 0.2) is 6.10 Å². The van der Waals surface area contributed by atoms with Crippen molar-refractivity contribution in [2.45, 2.75) is 103 Å². The van der Waals surface area contributed by atoms with Gasteiger partial charge in [-0.15, -0.1) is 0 Å². The highest BCUT2D eigenvalue weighted by molar-refractivity contribution is 7.47. The number of carbonyl (C=O) groups excluding carboxylic acids is 2. The molecule has 0 aliphatic rings. The van der Waals surface area contributed by atoms with Gasteiger partial charge in [-0.1, -0.05) is 71.6 Å². The average Bonchev–Trinajstić information content (AvgIpc) is 2.76. The largest absolute Gasteiger partial charge is 0.472 e. The van der Waals surface area contributed by atoms with Gasteiger partial charge in [0.2, 0.25) is 0 Å². The third kappa shape index (κ3) is 19.7. The Balaban J connectivity index is 4.47. The lowest BCUT2D eigenvalue weighted by Crippen LogP contribution is -2.29. The Kier molecular flexibility index (Phi) is 20.0. The zero-order chi connectivity index (χ0) is 24.1. The third-order valence-corrected chi connectivity index (χ3v) is 5.73. The van der Waals surface area contributed by atoms with E-state index in [9.17, 15) is 19.0 Å². The lowest BCUT2D eigenvalue weighted by molar-refractivity contribution is -0.161. The summed E-state index contributed by atoms with van der Waals surface area (Å²) >= 11 is 0. The molecule has 0 radical (unpaired) electrons. The zero-order valence-corrected chi connectivity index (χ0v) is 20.8. The molecule has 0 amide bonds. The van der Waals surface area contributed by atoms with E-state index in [4.69, 9.17) is 19.7 Å². The molecule has 0 aromatic heterocycles. The number of nitrogens with two attached hydrogens (primary N) is 1. The van der Waals surface area contributed by atoms with Gasteiger partial charge >= 0.3 is 19.8 Å². The Morgan fingerprint density at radius 2 is 1.34 bits per heavy atom. The first kappa shape index (κ1) is 31.0. The Morgan fingerprint density at radius 3 is 1.91 bits per heavy atom. The molecule has 0 aromatic rings. The Labute approximate surface area is 193 Å². The maximum Gasteiger partial charge on any atom is 0.472 e. The summed E-state index contributed by atoms with van der Waals surface area (Å²) < 4.78 is 31.9. The highest BCUT2D eigenvalue weighted by Gasteiger charge is 2.25. The Bertz CT molecular complexity index is 532. The number of phosphoric acid groups is 1. The maximum atomic E-state index is 12.2. The van der Waals surface area contributed by atoms with Gasteiger partial charge in [-0.3, -0.25) is 18.6 Å². The number of ether oxygens (including phenoxy) is 2. The van der Waals surface area contributed by atoms with E-state index in [1.54, 1.807) is 0 Å². The van der Waals surface area contributed by atoms with Crippen molar-refractivity contribution in [3.63, 3.8) is 0 Å². The van der Waals surface area contributed by atoms with Gasteiger partial charge in [0, 0.05) is 19.4 Å². The van der Waals surface area contributed by atoms with Crippen LogP contribution in [0, 0.1) is 0 Å². The van der Waals surface area contributed by atoms with Crippen LogP contribution >= 0.6 is 7.82 Å². The van der Waals surface area contributed by atoms with Crippen molar-refractivity contribution in [3.05, 3.63) is 0 Å². The van der Waals surface area contributed by atoms with E-state index in [1.807, 2.05) is 0 Å². The van der Waals surface area contributed by atoms with Crippen LogP contribution < -0.4 is 5.73 Å². The monoisotopic (exact) mass is 481 g/mol. The minimum absolute atomic E-state index is 0.0560. The smallest absolute Gasteiger partial charge is 0.462 e. The molecular weight excluding hydrogens is 437 g/mol. The molecule has 190 valence electrons. The molecule has 0 rings (SSSR count). The predicted molar refractivity (Wildman–Crippen MR) is 123 cm³/mol. The number of unbranched alkanes of at least 4 members (excludes halogenated alkanes) is 9. The van der Waals surface area contributed by atoms with Gasteiger partial charge < -0.3 is 20.1 Å². The number of phosphoric ester groups is 1. The number of hydrogen-bond acceptors (Lipinski definition) is 8. The lowest BCUT2D eigenvalue weighted by atomic mass is 10.1. The van der Waals surface area contributed by atoms with Gasteiger partial charge in [-0.05, 0) is 12.8 Å². The summed E-state index contributed by atoms with van der Waals surface area (Å²) in [6.07, 6.45) is 10.7. The van der Waals surface area contributed by atoms with Crippen molar-refractivity contribution >= 4 is 19.8 Å². The van der Waals surface area contributed by atoms with Crippen molar-refractivity contribution in [2.75, 3.05) is 26.4 Å². The number of hydrogen-bond donors (Lipinski definition) is 2. The normalized spacial score (nSPS) is 14.0. The van der Waals surface area contributed by atoms with Crippen LogP contribution in [0.15, 0.2) is 0 Å². The predicted octanol–water partition coefficient (Wildman–Crippen LogP) is 4.64. The fourth-order valence-corrected chi connectivity index (χ4v) is 3.69. The summed E-state index contributed by atoms with van der Waals surface area (Å²) in [4.78, 5) is 33.8. The summed E-state index contributed by atoms with van der Waals surface area (Å²) in [6, 6.07) is 0. The molecule has 0 aliphatic carbocycles. The van der Waals surface area contributed by atoms with Crippen molar-refractivity contribution < 1.29 is 37.6 Å². The molecule has 0 heterocycles. The number of rotatable bonds is 22. The second-order valence-corrected chi connectivity index (χ2v) is 9.32. The number of esters is 2. The standard InChI is InChI=1S/C22H44NO8P/c1-3-5-7-9-11-13-15-22(25)31-20(19-30-32(26,27)29-17-16-23)18-28-21(24)14-12-10-8-6-4-2/h20H,3-19,23H2,1-2H3,(H,26,27). The van der Waals surface area contributed by atoms with Crippen molar-refractivity contribution in [2.24, 2.45) is 5.73 Å². The summed E-state index contributed by atoms with van der Waals surface area (Å²) in [5, 5.41) is 0. The van der Waals surface area contributed by atoms with E-state index in [0.29, 0.717) is 6.42 Å². The Morgan fingerprint density at radius 1 is 0.812 bits per heavy atom. The van der Waals surface area contributed by atoms with Crippen molar-refractivity contribution in [1.29, 1.82) is 0 Å². The van der Waals surface area contributed by atoms with E-state index >= 15 is 0 Å². The molecule has 0 bridgehead atoms. The lowest BCUT2D eigenvalue weighted by Gasteiger charge is -2.19. The van der Waals surface area contributed by atoms with Crippen LogP contribution in [0.2, 0.25) is 0 Å². The van der Waals surface area contributed by atoms with Crippen molar-refractivity contribution in [3.8, 4) is 0 Å². The van der Waals surface area contributed by atoms with Crippen LogP contribution in [0.25, 0.3) is 0 Å². The Hall–Kier alpha value is -0.990. The first-order valence-corrected chi connectivity index (χ1v) is 13.5. The van der Waals surface area contributed by atoms with E-state index in [2.05, 4.69) is 18.4 Å². The SMILES string of the molecule is CCCCCCCCC(=O)OC(COC(=O)CCCCCCC)COP(=O)(O)OCCN. The third-order valence-electron chi connectivity index (χ3n) is 4.74. The molecule has 0 aliphatic heterocycles. The first-order chi connectivity index (χ1) is 15.3. The van der Waals surface area contributed by atoms with Gasteiger partial charge in [0.25, 0.3) is 0 Å². The topological polar surface area (TPSA) is 134 Å². The van der Waals surface area contributed by atoms with E-state index in [1.165, 1.54) is 6.42 Å². The second-order valence-electron chi connectivity index (χ2n) is 7.86. The second kappa shape index (κ2) is 20.6. The molecule has 10 heteroatoms. The summed E-state index contributed by atoms with van der Waals surface area (Å²) in [6.45, 7) is 3.50. The number of carbonyl (C=O) groups is 2. The minimum atomic E-state index is -4.33. The minimum Gasteiger partial charge on any atom is -0.462 e. The van der Waals surface area contributed by atoms with E-state index in [-0.39, 0.29) is 32.6 Å². The van der Waals surface area contributed by atoms with Crippen molar-refractivity contribution in [1.82, 2.24) is 0 Å². The van der Waals surface area contributed by atoms with Crippen LogP contribution in [-0.2, 0) is 32.7 Å². The highest BCUT2D eigenvalue weighted by atomic mass is 31.2. The van der Waals surface area contributed by atoms with E-state index in [0.717, 1.165) is 57.8 Å². The molecule has 2 atom stereocenters. The van der Waals surface area contributed by atoms with Gasteiger partial charge in [-0.25, -0.2) is 4.57 Å². The van der Waals surface area contributed by atoms with Crippen LogP contribution in [-0.4, -0.2) is 49.3 Å². The van der Waals surface area contributed by atoms with Crippen LogP contribution in [0.3, 0.4) is 0 Å². The van der Waals surface area contributed by atoms with Crippen LogP contribution in [0.1, 0.15) is 97.3 Å². The molecular formula is C22H44NO8P. The fourth-order valence-electron chi connectivity index (χ4n) is 2.92. The maximum absolute atomic E-state index is 12.2. The molecule has 0 aromatic carbocycles. The van der Waals surface area contributed by atoms with Crippen LogP contribution in [0.5, 0.6) is 0 Å². The summed E-state index contributed by atoms with van der Waals surface area (Å²) in [5.74, 6) is -0.856. The molecule has 0 saturated heterocycles. The quantitative estimate of drug-likeness (QED) is 0.129. The first-order valence-electron chi connectivity index (χ1n) is 12.0. The molecule has 32 heavy (non-hydrogen) atoms. The average molecular weight is 482 g/mol. The van der Waals surface area contributed by atoms with Gasteiger partial charge in [0.05, 0.1) is 13.2 Å².